The molecule has 1 N–H and O–H groups in total. The summed E-state index contributed by atoms with van der Waals surface area (Å²) in [5, 5.41) is 0.887. The van der Waals surface area contributed by atoms with Crippen LogP contribution in [0.5, 0.6) is 5.75 Å². The third kappa shape index (κ3) is 3.95. The number of sulfonamides is 1. The molecule has 136 valence electrons. The lowest BCUT2D eigenvalue weighted by atomic mass is 10.2. The molecule has 0 aliphatic carbocycles. The van der Waals surface area contributed by atoms with Crippen molar-refractivity contribution in [1.29, 1.82) is 0 Å². The van der Waals surface area contributed by atoms with E-state index in [1.807, 2.05) is 44.2 Å². The number of aryl methyl sites for hydroxylation is 2. The highest BCUT2D eigenvalue weighted by atomic mass is 32.2. The van der Waals surface area contributed by atoms with Crippen molar-refractivity contribution in [1.82, 2.24) is 9.71 Å². The van der Waals surface area contributed by atoms with Crippen molar-refractivity contribution in [3.8, 4) is 16.3 Å². The van der Waals surface area contributed by atoms with E-state index in [0.717, 1.165) is 26.7 Å². The van der Waals surface area contributed by atoms with Crippen LogP contribution in [0.25, 0.3) is 10.6 Å². The summed E-state index contributed by atoms with van der Waals surface area (Å²) in [5.41, 5.74) is 2.64. The summed E-state index contributed by atoms with van der Waals surface area (Å²) in [4.78, 5) is 5.68. The molecule has 1 heterocycles. The molecular weight excluding hydrogens is 368 g/mol. The van der Waals surface area contributed by atoms with Gasteiger partial charge in [0, 0.05) is 17.0 Å². The Morgan fingerprint density at radius 3 is 2.50 bits per heavy atom. The quantitative estimate of drug-likeness (QED) is 0.695. The van der Waals surface area contributed by atoms with Gasteiger partial charge in [0.15, 0.2) is 0 Å². The first-order valence-electron chi connectivity index (χ1n) is 8.07. The molecule has 0 radical (unpaired) electrons. The summed E-state index contributed by atoms with van der Waals surface area (Å²) >= 11 is 1.50. The van der Waals surface area contributed by atoms with Gasteiger partial charge in [0.2, 0.25) is 10.0 Å². The van der Waals surface area contributed by atoms with Gasteiger partial charge in [-0.2, -0.15) is 0 Å². The topological polar surface area (TPSA) is 68.3 Å². The van der Waals surface area contributed by atoms with Crippen LogP contribution in [0.2, 0.25) is 0 Å². The molecule has 3 aromatic rings. The van der Waals surface area contributed by atoms with E-state index in [4.69, 9.17) is 4.74 Å². The Morgan fingerprint density at radius 1 is 1.12 bits per heavy atom. The summed E-state index contributed by atoms with van der Waals surface area (Å²) in [7, 11) is -2.04. The maximum Gasteiger partial charge on any atom is 0.240 e. The lowest BCUT2D eigenvalue weighted by Crippen LogP contribution is -2.23. The number of hydrogen-bond donors (Lipinski definition) is 1. The number of methoxy groups -OCH3 is 1. The molecule has 3 rings (SSSR count). The summed E-state index contributed by atoms with van der Waals surface area (Å²) in [6, 6.07) is 14.7. The Balaban J connectivity index is 1.78. The summed E-state index contributed by atoms with van der Waals surface area (Å²) in [6.45, 7) is 3.92. The molecule has 5 nitrogen and oxygen atoms in total. The Hall–Kier alpha value is -2.22. The van der Waals surface area contributed by atoms with Crippen molar-refractivity contribution in [2.45, 2.75) is 25.3 Å². The zero-order valence-electron chi connectivity index (χ0n) is 14.8. The second kappa shape index (κ2) is 7.57. The first-order valence-corrected chi connectivity index (χ1v) is 10.4. The summed E-state index contributed by atoms with van der Waals surface area (Å²) < 4.78 is 33.0. The third-order valence-electron chi connectivity index (χ3n) is 4.01. The van der Waals surface area contributed by atoms with Gasteiger partial charge in [-0.05, 0) is 37.6 Å². The van der Waals surface area contributed by atoms with E-state index in [1.165, 1.54) is 11.3 Å². The molecule has 26 heavy (non-hydrogen) atoms. The third-order valence-corrected chi connectivity index (χ3v) is 6.62. The molecule has 0 aliphatic rings. The monoisotopic (exact) mass is 388 g/mol. The SMILES string of the molecule is COc1ccc(S(=O)(=O)NCc2sc(-c3ccccc3)nc2C)cc1C. The molecule has 0 atom stereocenters. The number of nitrogens with zero attached hydrogens (tertiary/aromatic N) is 1. The van der Waals surface area contributed by atoms with Crippen molar-refractivity contribution in [2.75, 3.05) is 7.11 Å². The van der Waals surface area contributed by atoms with E-state index in [-0.39, 0.29) is 11.4 Å². The predicted molar refractivity (Wildman–Crippen MR) is 104 cm³/mol. The molecule has 0 amide bonds. The highest BCUT2D eigenvalue weighted by molar-refractivity contribution is 7.89. The van der Waals surface area contributed by atoms with Gasteiger partial charge in [-0.15, -0.1) is 11.3 Å². The van der Waals surface area contributed by atoms with Crippen molar-refractivity contribution >= 4 is 21.4 Å². The van der Waals surface area contributed by atoms with Crippen molar-refractivity contribution in [3.05, 3.63) is 64.7 Å². The molecule has 0 aliphatic heterocycles. The molecular formula is C19H20N2O3S2. The van der Waals surface area contributed by atoms with E-state index < -0.39 is 10.0 Å². The number of nitrogens with one attached hydrogen (secondary N) is 1. The minimum absolute atomic E-state index is 0.212. The van der Waals surface area contributed by atoms with Gasteiger partial charge in [-0.3, -0.25) is 0 Å². The lowest BCUT2D eigenvalue weighted by Gasteiger charge is -2.09. The van der Waals surface area contributed by atoms with Crippen LogP contribution in [-0.4, -0.2) is 20.5 Å². The highest BCUT2D eigenvalue weighted by Gasteiger charge is 2.17. The molecule has 1 aromatic heterocycles. The van der Waals surface area contributed by atoms with E-state index in [9.17, 15) is 8.42 Å². The van der Waals surface area contributed by atoms with Crippen LogP contribution in [0.1, 0.15) is 16.1 Å². The lowest BCUT2D eigenvalue weighted by molar-refractivity contribution is 0.411. The number of ether oxygens (including phenoxy) is 1. The normalized spacial score (nSPS) is 11.5. The van der Waals surface area contributed by atoms with Crippen LogP contribution in [0.3, 0.4) is 0 Å². The van der Waals surface area contributed by atoms with E-state index in [0.29, 0.717) is 5.75 Å². The largest absolute Gasteiger partial charge is 0.496 e. The molecule has 7 heteroatoms. The highest BCUT2D eigenvalue weighted by Crippen LogP contribution is 2.28. The summed E-state index contributed by atoms with van der Waals surface area (Å²) in [5.74, 6) is 0.662. The molecule has 2 aromatic carbocycles. The van der Waals surface area contributed by atoms with Crippen LogP contribution < -0.4 is 9.46 Å². The molecule has 0 saturated heterocycles. The maximum absolute atomic E-state index is 12.6. The van der Waals surface area contributed by atoms with Gasteiger partial charge in [-0.25, -0.2) is 18.1 Å². The van der Waals surface area contributed by atoms with Crippen LogP contribution in [0, 0.1) is 13.8 Å². The number of thiazole rings is 1. The molecule has 0 bridgehead atoms. The van der Waals surface area contributed by atoms with Crippen LogP contribution in [0.4, 0.5) is 0 Å². The maximum atomic E-state index is 12.6. The molecule has 0 unspecified atom stereocenters. The second-order valence-corrected chi connectivity index (χ2v) is 8.70. The minimum Gasteiger partial charge on any atom is -0.496 e. The zero-order valence-corrected chi connectivity index (χ0v) is 16.4. The Labute approximate surface area is 157 Å². The van der Waals surface area contributed by atoms with E-state index >= 15 is 0 Å². The van der Waals surface area contributed by atoms with E-state index in [1.54, 1.807) is 25.3 Å². The predicted octanol–water partition coefficient (Wildman–Crippen LogP) is 3.91. The molecule has 0 fully saturated rings. The standard InChI is InChI=1S/C19H20N2O3S2/c1-13-11-16(9-10-17(13)24-3)26(22,23)20-12-18-14(2)21-19(25-18)15-7-5-4-6-8-15/h4-11,20H,12H2,1-3H3. The van der Waals surface area contributed by atoms with Gasteiger partial charge in [-0.1, -0.05) is 30.3 Å². The first-order chi connectivity index (χ1) is 12.4. The van der Waals surface area contributed by atoms with Gasteiger partial charge in [0.25, 0.3) is 0 Å². The minimum atomic E-state index is -3.60. The number of aromatic nitrogens is 1. The second-order valence-electron chi connectivity index (χ2n) is 5.85. The number of benzene rings is 2. The number of rotatable bonds is 6. The molecule has 0 spiro atoms. The van der Waals surface area contributed by atoms with Crippen molar-refractivity contribution < 1.29 is 13.2 Å². The van der Waals surface area contributed by atoms with Crippen molar-refractivity contribution in [3.63, 3.8) is 0 Å². The van der Waals surface area contributed by atoms with Crippen molar-refractivity contribution in [2.24, 2.45) is 0 Å². The van der Waals surface area contributed by atoms with Crippen LogP contribution >= 0.6 is 11.3 Å². The first kappa shape index (κ1) is 18.6. The van der Waals surface area contributed by atoms with Crippen LogP contribution in [-0.2, 0) is 16.6 Å². The van der Waals surface area contributed by atoms with Gasteiger partial charge in [0.1, 0.15) is 10.8 Å². The van der Waals surface area contributed by atoms with Gasteiger partial charge < -0.3 is 4.74 Å². The fourth-order valence-electron chi connectivity index (χ4n) is 2.56. The fourth-order valence-corrected chi connectivity index (χ4v) is 4.74. The Kier molecular flexibility index (Phi) is 5.41. The summed E-state index contributed by atoms with van der Waals surface area (Å²) in [6.07, 6.45) is 0. The number of hydrogen-bond acceptors (Lipinski definition) is 5. The average molecular weight is 389 g/mol. The fraction of sp³-hybridized carbons (Fsp3) is 0.211. The smallest absolute Gasteiger partial charge is 0.240 e. The molecule has 0 saturated carbocycles. The van der Waals surface area contributed by atoms with E-state index in [2.05, 4.69) is 9.71 Å². The Bertz CT molecular complexity index is 1010. The zero-order chi connectivity index (χ0) is 18.7. The van der Waals surface area contributed by atoms with Gasteiger partial charge >= 0.3 is 0 Å². The Morgan fingerprint density at radius 2 is 1.85 bits per heavy atom. The van der Waals surface area contributed by atoms with Gasteiger partial charge in [0.05, 0.1) is 17.7 Å². The van der Waals surface area contributed by atoms with Crippen LogP contribution in [0.15, 0.2) is 53.4 Å². The average Bonchev–Trinajstić information content (AvgIpc) is 3.01.